The van der Waals surface area contributed by atoms with Crippen LogP contribution in [-0.4, -0.2) is 82.3 Å². The van der Waals surface area contributed by atoms with Gasteiger partial charge in [-0.05, 0) is 83.5 Å². The van der Waals surface area contributed by atoms with Crippen molar-refractivity contribution in [3.63, 3.8) is 0 Å². The van der Waals surface area contributed by atoms with Crippen molar-refractivity contribution >= 4 is 25.7 Å². The smallest absolute Gasteiger partial charge is 0.472 e. The van der Waals surface area contributed by atoms with Gasteiger partial charge in [0.25, 0.3) is 0 Å². The van der Waals surface area contributed by atoms with Gasteiger partial charge in [-0.1, -0.05) is 120 Å². The fourth-order valence-corrected chi connectivity index (χ4v) is 6.15. The lowest BCUT2D eigenvalue weighted by Gasteiger charge is -2.20. The zero-order valence-electron chi connectivity index (χ0n) is 35.3. The number of carbonyl (C=O) groups is 3. The molecule has 6 N–H and O–H groups in total. The molecule has 0 bridgehead atoms. The molecule has 0 aliphatic carbocycles. The Morgan fingerprint density at radius 3 is 1.66 bits per heavy atom. The van der Waals surface area contributed by atoms with E-state index < -0.39 is 69.9 Å². The van der Waals surface area contributed by atoms with E-state index in [1.54, 1.807) is 6.08 Å². The first kappa shape index (κ1) is 55.1. The van der Waals surface area contributed by atoms with E-state index in [1.165, 1.54) is 38.5 Å². The number of carboxylic acids is 1. The normalized spacial score (nSPS) is 15.4. The maximum Gasteiger partial charge on any atom is 0.472 e. The number of phosphoric ester groups is 1. The van der Waals surface area contributed by atoms with Crippen molar-refractivity contribution < 1.29 is 57.7 Å². The number of hydrogen-bond donors (Lipinski definition) is 5. The number of aliphatic hydroxyl groups excluding tert-OH is 2. The second-order valence-corrected chi connectivity index (χ2v) is 15.9. The predicted molar refractivity (Wildman–Crippen MR) is 229 cm³/mol. The average Bonchev–Trinajstić information content (AvgIpc) is 3.19. The van der Waals surface area contributed by atoms with E-state index in [2.05, 4.69) is 60.9 Å². The van der Waals surface area contributed by atoms with E-state index in [-0.39, 0.29) is 32.1 Å². The minimum atomic E-state index is -4.80. The van der Waals surface area contributed by atoms with Crippen molar-refractivity contribution in [3.8, 4) is 0 Å². The summed E-state index contributed by atoms with van der Waals surface area (Å²) in [4.78, 5) is 46.0. The maximum atomic E-state index is 12.7. The Morgan fingerprint density at radius 1 is 0.603 bits per heavy atom. The molecule has 0 spiro atoms. The topological polar surface area (TPSA) is 212 Å². The van der Waals surface area contributed by atoms with Gasteiger partial charge >= 0.3 is 25.7 Å². The van der Waals surface area contributed by atoms with Gasteiger partial charge in [0.2, 0.25) is 0 Å². The second-order valence-electron chi connectivity index (χ2n) is 14.4. The van der Waals surface area contributed by atoms with Gasteiger partial charge in [-0.2, -0.15) is 0 Å². The summed E-state index contributed by atoms with van der Waals surface area (Å²) in [6.45, 7) is 2.42. The summed E-state index contributed by atoms with van der Waals surface area (Å²) in [6.07, 6.45) is 36.0. The Kier molecular flexibility index (Phi) is 36.4. The molecule has 0 radical (unpaired) electrons. The van der Waals surface area contributed by atoms with Crippen molar-refractivity contribution in [1.82, 2.24) is 0 Å². The first-order valence-electron chi connectivity index (χ1n) is 21.5. The third-order valence-electron chi connectivity index (χ3n) is 8.94. The summed E-state index contributed by atoms with van der Waals surface area (Å²) in [5.74, 6) is -2.73. The van der Waals surface area contributed by atoms with Gasteiger partial charge in [-0.3, -0.25) is 23.4 Å². The van der Waals surface area contributed by atoms with Gasteiger partial charge in [-0.25, -0.2) is 4.57 Å². The lowest BCUT2D eigenvalue weighted by atomic mass is 10.0. The average molecular weight is 842 g/mol. The second kappa shape index (κ2) is 38.3. The SMILES string of the molecule is CCCCC/C=C\C/C=C\C/C=C\CC(O)C(O)CCCC(=O)O[C@H](COC(=O)CCCCCCC/C=C\C/C=C\CCCCC)COP(=O)(O)OC[C@H](N)C(=O)O. The summed E-state index contributed by atoms with van der Waals surface area (Å²) < 4.78 is 32.5. The van der Waals surface area contributed by atoms with Crippen LogP contribution < -0.4 is 5.73 Å². The highest BCUT2D eigenvalue weighted by molar-refractivity contribution is 7.47. The molecular weight excluding hydrogens is 765 g/mol. The standard InChI is InChI=1S/C44H76NO12P/c1-3-5-7-9-11-13-15-17-18-19-21-23-25-27-29-33-42(48)54-35-38(36-55-58(52,53)56-37-39(45)44(50)51)57-43(49)34-30-32-41(47)40(46)31-28-26-24-22-20-16-14-12-10-8-6-4-2/h11-14,17-18,20,22,26,28,38-41,46-47H,3-10,15-16,19,21,23-25,27,29-37,45H2,1-2H3,(H,50,51)(H,52,53)/b13-11-,14-12-,18-17-,22-20-,28-26-/t38-,39+,40?,41?/m1/s1. The number of esters is 2. The molecule has 0 heterocycles. The number of aliphatic hydroxyl groups is 2. The molecule has 0 saturated heterocycles. The number of carboxylic acid groups (broad SMARTS) is 1. The largest absolute Gasteiger partial charge is 0.480 e. The Hall–Kier alpha value is -2.90. The molecule has 14 heteroatoms. The van der Waals surface area contributed by atoms with Crippen LogP contribution in [-0.2, 0) is 37.5 Å². The van der Waals surface area contributed by atoms with Crippen LogP contribution in [0.25, 0.3) is 0 Å². The molecule has 0 amide bonds. The van der Waals surface area contributed by atoms with E-state index in [1.807, 2.05) is 12.2 Å². The zero-order valence-corrected chi connectivity index (χ0v) is 36.2. The van der Waals surface area contributed by atoms with Gasteiger partial charge in [0.1, 0.15) is 12.6 Å². The number of hydrogen-bond acceptors (Lipinski definition) is 11. The minimum Gasteiger partial charge on any atom is -0.480 e. The van der Waals surface area contributed by atoms with Crippen LogP contribution in [0.3, 0.4) is 0 Å². The number of ether oxygens (including phenoxy) is 2. The third kappa shape index (κ3) is 36.2. The molecule has 0 fully saturated rings. The highest BCUT2D eigenvalue weighted by atomic mass is 31.2. The maximum absolute atomic E-state index is 12.7. The van der Waals surface area contributed by atoms with Crippen LogP contribution in [0.15, 0.2) is 60.8 Å². The number of nitrogens with two attached hydrogens (primary N) is 1. The summed E-state index contributed by atoms with van der Waals surface area (Å²) in [5.41, 5.74) is 5.31. The van der Waals surface area contributed by atoms with Crippen LogP contribution >= 0.6 is 7.82 Å². The number of rotatable bonds is 39. The fourth-order valence-electron chi connectivity index (χ4n) is 5.37. The van der Waals surface area contributed by atoms with Gasteiger partial charge < -0.3 is 35.4 Å². The van der Waals surface area contributed by atoms with Crippen LogP contribution in [0.4, 0.5) is 0 Å². The van der Waals surface area contributed by atoms with Crippen molar-refractivity contribution in [2.45, 2.75) is 179 Å². The summed E-state index contributed by atoms with van der Waals surface area (Å²) in [6, 6.07) is -1.57. The zero-order chi connectivity index (χ0) is 43.1. The van der Waals surface area contributed by atoms with E-state index in [4.69, 9.17) is 24.8 Å². The summed E-state index contributed by atoms with van der Waals surface area (Å²) in [7, 11) is -4.80. The summed E-state index contributed by atoms with van der Waals surface area (Å²) >= 11 is 0. The van der Waals surface area contributed by atoms with Crippen LogP contribution in [0.2, 0.25) is 0 Å². The molecule has 58 heavy (non-hydrogen) atoms. The van der Waals surface area contributed by atoms with Gasteiger partial charge in [0.15, 0.2) is 6.10 Å². The van der Waals surface area contributed by atoms with E-state index >= 15 is 0 Å². The van der Waals surface area contributed by atoms with Crippen molar-refractivity contribution in [2.24, 2.45) is 5.73 Å². The van der Waals surface area contributed by atoms with Crippen LogP contribution in [0.5, 0.6) is 0 Å². The molecule has 0 rings (SSSR count). The molecule has 334 valence electrons. The number of carbonyl (C=O) groups excluding carboxylic acids is 2. The van der Waals surface area contributed by atoms with Gasteiger partial charge in [0, 0.05) is 12.8 Å². The highest BCUT2D eigenvalue weighted by Crippen LogP contribution is 2.43. The lowest BCUT2D eigenvalue weighted by Crippen LogP contribution is -2.34. The molecule has 3 unspecified atom stereocenters. The van der Waals surface area contributed by atoms with Gasteiger partial charge in [-0.15, -0.1) is 0 Å². The van der Waals surface area contributed by atoms with Crippen molar-refractivity contribution in [3.05, 3.63) is 60.8 Å². The third-order valence-corrected chi connectivity index (χ3v) is 9.89. The quantitative estimate of drug-likeness (QED) is 0.0169. The van der Waals surface area contributed by atoms with E-state index in [0.717, 1.165) is 57.8 Å². The molecule has 13 nitrogen and oxygen atoms in total. The molecule has 0 aromatic carbocycles. The molecule has 0 aliphatic rings. The Bertz CT molecular complexity index is 1250. The number of phosphoric acid groups is 1. The molecule has 0 saturated carbocycles. The Morgan fingerprint density at radius 2 is 1.09 bits per heavy atom. The number of allylic oxidation sites excluding steroid dienone is 9. The highest BCUT2D eigenvalue weighted by Gasteiger charge is 2.28. The van der Waals surface area contributed by atoms with Crippen molar-refractivity contribution in [1.29, 1.82) is 0 Å². The van der Waals surface area contributed by atoms with E-state index in [9.17, 15) is 34.1 Å². The molecular formula is C44H76NO12P. The molecule has 0 aliphatic heterocycles. The Labute approximate surface area is 348 Å². The lowest BCUT2D eigenvalue weighted by molar-refractivity contribution is -0.161. The Balaban J connectivity index is 4.66. The molecule has 5 atom stereocenters. The van der Waals surface area contributed by atoms with E-state index in [0.29, 0.717) is 12.8 Å². The first-order valence-corrected chi connectivity index (χ1v) is 23.0. The minimum absolute atomic E-state index is 0.113. The van der Waals surface area contributed by atoms with Gasteiger partial charge in [0.05, 0.1) is 25.4 Å². The number of unbranched alkanes of at least 4 members (excludes halogenated alkanes) is 11. The fraction of sp³-hybridized carbons (Fsp3) is 0.705. The van der Waals surface area contributed by atoms with Crippen molar-refractivity contribution in [2.75, 3.05) is 19.8 Å². The van der Waals surface area contributed by atoms with Crippen LogP contribution in [0.1, 0.15) is 155 Å². The summed E-state index contributed by atoms with van der Waals surface area (Å²) in [5, 5.41) is 29.6. The van der Waals surface area contributed by atoms with Crippen LogP contribution in [0, 0.1) is 0 Å². The number of aliphatic carboxylic acids is 1. The predicted octanol–water partition coefficient (Wildman–Crippen LogP) is 9.11. The molecule has 0 aromatic heterocycles. The first-order chi connectivity index (χ1) is 27.9. The molecule has 0 aromatic rings. The monoisotopic (exact) mass is 842 g/mol.